The van der Waals surface area contributed by atoms with E-state index in [-0.39, 0.29) is 17.5 Å². The number of sulfonamides is 1. The van der Waals surface area contributed by atoms with Crippen LogP contribution in [0, 0.1) is 5.92 Å². The van der Waals surface area contributed by atoms with E-state index in [9.17, 15) is 8.42 Å². The zero-order chi connectivity index (χ0) is 14.6. The molecular weight excluding hydrogens is 274 g/mol. The fraction of sp³-hybridized carbons (Fsp3) is 0.643. The summed E-state index contributed by atoms with van der Waals surface area (Å²) in [6.45, 7) is 2.29. The van der Waals surface area contributed by atoms with Gasteiger partial charge in [-0.05, 0) is 30.9 Å². The maximum atomic E-state index is 12.5. The van der Waals surface area contributed by atoms with Crippen molar-refractivity contribution in [2.75, 3.05) is 0 Å². The fourth-order valence-corrected chi connectivity index (χ4v) is 4.36. The first kappa shape index (κ1) is 15.4. The van der Waals surface area contributed by atoms with E-state index in [1.54, 1.807) is 18.3 Å². The first-order valence-corrected chi connectivity index (χ1v) is 8.71. The van der Waals surface area contributed by atoms with Crippen molar-refractivity contribution in [3.05, 3.63) is 24.0 Å². The molecule has 2 unspecified atom stereocenters. The topological polar surface area (TPSA) is 85.1 Å². The molecule has 112 valence electrons. The molecule has 1 aliphatic rings. The maximum absolute atomic E-state index is 12.5. The molecule has 0 bridgehead atoms. The van der Waals surface area contributed by atoms with Gasteiger partial charge >= 0.3 is 0 Å². The molecule has 0 radical (unpaired) electrons. The summed E-state index contributed by atoms with van der Waals surface area (Å²) in [5.41, 5.74) is 5.99. The lowest BCUT2D eigenvalue weighted by Gasteiger charge is -2.29. The number of hydrogen-bond donors (Lipinski definition) is 2. The van der Waals surface area contributed by atoms with E-state index in [4.69, 9.17) is 5.73 Å². The fourth-order valence-electron chi connectivity index (χ4n) is 2.87. The quantitative estimate of drug-likeness (QED) is 0.867. The van der Waals surface area contributed by atoms with Crippen molar-refractivity contribution < 1.29 is 8.42 Å². The third kappa shape index (κ3) is 3.56. The molecule has 0 aliphatic heterocycles. The van der Waals surface area contributed by atoms with Gasteiger partial charge in [-0.1, -0.05) is 26.2 Å². The minimum Gasteiger partial charge on any atom is -0.325 e. The molecule has 1 fully saturated rings. The summed E-state index contributed by atoms with van der Waals surface area (Å²) in [5.74, 6) is 0.624. The highest BCUT2D eigenvalue weighted by Gasteiger charge is 2.27. The molecular formula is C14H23N3O2S. The highest BCUT2D eigenvalue weighted by Crippen LogP contribution is 2.27. The van der Waals surface area contributed by atoms with Gasteiger partial charge in [0.2, 0.25) is 10.0 Å². The Bertz CT molecular complexity index is 545. The molecule has 6 heteroatoms. The van der Waals surface area contributed by atoms with Gasteiger partial charge in [-0.25, -0.2) is 13.1 Å². The molecule has 1 aliphatic carbocycles. The molecule has 0 amide bonds. The Hall–Kier alpha value is -0.980. The SMILES string of the molecule is CCC1CCCC(NS(=O)(=O)c2cccnc2CN)C1. The molecule has 20 heavy (non-hydrogen) atoms. The lowest BCUT2D eigenvalue weighted by Crippen LogP contribution is -2.38. The summed E-state index contributed by atoms with van der Waals surface area (Å²) in [5, 5.41) is 0. The van der Waals surface area contributed by atoms with Gasteiger partial charge in [0, 0.05) is 18.8 Å². The average Bonchev–Trinajstić information content (AvgIpc) is 2.47. The van der Waals surface area contributed by atoms with Gasteiger partial charge in [0.25, 0.3) is 0 Å². The molecule has 1 heterocycles. The predicted octanol–water partition coefficient (Wildman–Crippen LogP) is 1.79. The average molecular weight is 297 g/mol. The van der Waals surface area contributed by atoms with E-state index in [2.05, 4.69) is 16.6 Å². The summed E-state index contributed by atoms with van der Waals surface area (Å²) in [4.78, 5) is 4.25. The van der Waals surface area contributed by atoms with E-state index in [1.165, 1.54) is 6.42 Å². The molecule has 0 saturated heterocycles. The summed E-state index contributed by atoms with van der Waals surface area (Å²) in [6.07, 6.45) is 6.80. The second-order valence-electron chi connectivity index (χ2n) is 5.41. The normalized spacial score (nSPS) is 23.7. The number of nitrogens with two attached hydrogens (primary N) is 1. The molecule has 0 aromatic carbocycles. The van der Waals surface area contributed by atoms with Crippen molar-refractivity contribution in [1.29, 1.82) is 0 Å². The zero-order valence-corrected chi connectivity index (χ0v) is 12.7. The van der Waals surface area contributed by atoms with E-state index in [1.807, 2.05) is 0 Å². The van der Waals surface area contributed by atoms with Gasteiger partial charge in [0.1, 0.15) is 4.90 Å². The first-order valence-electron chi connectivity index (χ1n) is 7.23. The molecule has 1 aromatic rings. The summed E-state index contributed by atoms with van der Waals surface area (Å²) in [6, 6.07) is 3.23. The predicted molar refractivity (Wildman–Crippen MR) is 78.5 cm³/mol. The Morgan fingerprint density at radius 1 is 1.45 bits per heavy atom. The van der Waals surface area contributed by atoms with Gasteiger partial charge in [0.05, 0.1) is 5.69 Å². The van der Waals surface area contributed by atoms with E-state index in [0.717, 1.165) is 25.7 Å². The van der Waals surface area contributed by atoms with Gasteiger partial charge in [0.15, 0.2) is 0 Å². The molecule has 0 spiro atoms. The van der Waals surface area contributed by atoms with Crippen molar-refractivity contribution in [3.63, 3.8) is 0 Å². The highest BCUT2D eigenvalue weighted by atomic mass is 32.2. The van der Waals surface area contributed by atoms with Crippen molar-refractivity contribution >= 4 is 10.0 Å². The molecule has 1 aromatic heterocycles. The zero-order valence-electron chi connectivity index (χ0n) is 11.9. The molecule has 2 atom stereocenters. The number of aromatic nitrogens is 1. The second kappa shape index (κ2) is 6.65. The molecule has 5 nitrogen and oxygen atoms in total. The summed E-state index contributed by atoms with van der Waals surface area (Å²) < 4.78 is 27.8. The third-order valence-corrected chi connectivity index (χ3v) is 5.61. The van der Waals surface area contributed by atoms with Crippen molar-refractivity contribution in [3.8, 4) is 0 Å². The van der Waals surface area contributed by atoms with Crippen LogP contribution in [0.25, 0.3) is 0 Å². The van der Waals surface area contributed by atoms with Crippen LogP contribution in [-0.4, -0.2) is 19.4 Å². The third-order valence-electron chi connectivity index (χ3n) is 4.01. The molecule has 2 rings (SSSR count). The number of rotatable bonds is 5. The monoisotopic (exact) mass is 297 g/mol. The minimum absolute atomic E-state index is 0.0320. The Balaban J connectivity index is 2.14. The lowest BCUT2D eigenvalue weighted by atomic mass is 9.85. The largest absolute Gasteiger partial charge is 0.325 e. The Morgan fingerprint density at radius 3 is 2.95 bits per heavy atom. The standard InChI is InChI=1S/C14H23N3O2S/c1-2-11-5-3-6-12(9-11)17-20(18,19)14-7-4-8-16-13(14)10-15/h4,7-8,11-12,17H,2-3,5-6,9-10,15H2,1H3. The summed E-state index contributed by atoms with van der Waals surface area (Å²) in [7, 11) is -3.53. The maximum Gasteiger partial charge on any atom is 0.242 e. The van der Waals surface area contributed by atoms with Crippen LogP contribution in [0.4, 0.5) is 0 Å². The number of hydrogen-bond acceptors (Lipinski definition) is 4. The van der Waals surface area contributed by atoms with Gasteiger partial charge in [-0.3, -0.25) is 4.98 Å². The molecule has 1 saturated carbocycles. The Labute approximate surface area is 121 Å². The van der Waals surface area contributed by atoms with Crippen molar-refractivity contribution in [2.24, 2.45) is 11.7 Å². The van der Waals surface area contributed by atoms with Gasteiger partial charge < -0.3 is 5.73 Å². The number of pyridine rings is 1. The van der Waals surface area contributed by atoms with Crippen LogP contribution in [0.15, 0.2) is 23.2 Å². The first-order chi connectivity index (χ1) is 9.56. The smallest absolute Gasteiger partial charge is 0.242 e. The molecule has 3 N–H and O–H groups in total. The number of nitrogens with one attached hydrogen (secondary N) is 1. The van der Waals surface area contributed by atoms with Crippen LogP contribution in [0.2, 0.25) is 0 Å². The van der Waals surface area contributed by atoms with Crippen LogP contribution in [-0.2, 0) is 16.6 Å². The second-order valence-corrected chi connectivity index (χ2v) is 7.09. The Morgan fingerprint density at radius 2 is 2.25 bits per heavy atom. The number of nitrogens with zero attached hydrogens (tertiary/aromatic N) is 1. The highest BCUT2D eigenvalue weighted by molar-refractivity contribution is 7.89. The van der Waals surface area contributed by atoms with Crippen LogP contribution >= 0.6 is 0 Å². The van der Waals surface area contributed by atoms with Gasteiger partial charge in [-0.15, -0.1) is 0 Å². The van der Waals surface area contributed by atoms with E-state index >= 15 is 0 Å². The van der Waals surface area contributed by atoms with E-state index < -0.39 is 10.0 Å². The minimum atomic E-state index is -3.53. The van der Waals surface area contributed by atoms with Crippen LogP contribution in [0.1, 0.15) is 44.7 Å². The van der Waals surface area contributed by atoms with E-state index in [0.29, 0.717) is 11.6 Å². The van der Waals surface area contributed by atoms with Crippen LogP contribution in [0.5, 0.6) is 0 Å². The van der Waals surface area contributed by atoms with Crippen LogP contribution < -0.4 is 10.5 Å². The Kier molecular flexibility index (Phi) is 5.12. The summed E-state index contributed by atoms with van der Waals surface area (Å²) >= 11 is 0. The van der Waals surface area contributed by atoms with Crippen molar-refractivity contribution in [2.45, 2.75) is 56.5 Å². The van der Waals surface area contributed by atoms with Crippen molar-refractivity contribution in [1.82, 2.24) is 9.71 Å². The van der Waals surface area contributed by atoms with Crippen LogP contribution in [0.3, 0.4) is 0 Å². The van der Waals surface area contributed by atoms with Gasteiger partial charge in [-0.2, -0.15) is 0 Å². The lowest BCUT2D eigenvalue weighted by molar-refractivity contribution is 0.301.